The molecule has 0 radical (unpaired) electrons. The lowest BCUT2D eigenvalue weighted by molar-refractivity contribution is -0.140. The van der Waals surface area contributed by atoms with Gasteiger partial charge in [0.25, 0.3) is 0 Å². The first kappa shape index (κ1) is 21.9. The second-order valence-corrected chi connectivity index (χ2v) is 7.50. The van der Waals surface area contributed by atoms with Crippen molar-refractivity contribution in [2.24, 2.45) is 10.9 Å². The van der Waals surface area contributed by atoms with Gasteiger partial charge >= 0.3 is 5.97 Å². The summed E-state index contributed by atoms with van der Waals surface area (Å²) in [6, 6.07) is 11.8. The number of carboxylic acids is 1. The van der Waals surface area contributed by atoms with Gasteiger partial charge in [0.05, 0.1) is 17.7 Å². The molecule has 2 aliphatic heterocycles. The summed E-state index contributed by atoms with van der Waals surface area (Å²) in [6.07, 6.45) is -0.605. The number of rotatable bonds is 8. The molecule has 3 unspecified atom stereocenters. The van der Waals surface area contributed by atoms with Crippen LogP contribution in [0.25, 0.3) is 5.57 Å². The van der Waals surface area contributed by atoms with Crippen LogP contribution in [-0.2, 0) is 25.7 Å². The molecule has 0 saturated heterocycles. The number of fused-ring (bicyclic) bond motifs is 2. The van der Waals surface area contributed by atoms with Crippen molar-refractivity contribution in [1.82, 2.24) is 5.32 Å². The Morgan fingerprint density at radius 2 is 2.00 bits per heavy atom. The quantitative estimate of drug-likeness (QED) is 0.630. The zero-order valence-electron chi connectivity index (χ0n) is 17.8. The van der Waals surface area contributed by atoms with E-state index in [0.717, 1.165) is 5.56 Å². The molecule has 2 N–H and O–H groups in total. The van der Waals surface area contributed by atoms with Crippen LogP contribution >= 0.6 is 0 Å². The van der Waals surface area contributed by atoms with Crippen molar-refractivity contribution in [2.45, 2.75) is 25.8 Å². The van der Waals surface area contributed by atoms with Crippen molar-refractivity contribution >= 4 is 17.5 Å². The molecular formula is C24H24N2O6. The largest absolute Gasteiger partial charge is 0.487 e. The maximum atomic E-state index is 12.0. The van der Waals surface area contributed by atoms with Crippen molar-refractivity contribution in [2.75, 3.05) is 20.3 Å². The average Bonchev–Trinajstić information content (AvgIpc) is 3.19. The minimum atomic E-state index is -1.07. The van der Waals surface area contributed by atoms with Crippen LogP contribution in [0, 0.1) is 5.92 Å². The summed E-state index contributed by atoms with van der Waals surface area (Å²) in [7, 11) is 1.57. The molecule has 4 rings (SSSR count). The van der Waals surface area contributed by atoms with Gasteiger partial charge in [0, 0.05) is 25.2 Å². The molecule has 2 heterocycles. The van der Waals surface area contributed by atoms with E-state index in [9.17, 15) is 14.7 Å². The molecule has 2 aromatic carbocycles. The maximum Gasteiger partial charge on any atom is 0.327 e. The molecule has 0 fully saturated rings. The molecule has 32 heavy (non-hydrogen) atoms. The molecule has 0 aromatic heterocycles. The third-order valence-electron chi connectivity index (χ3n) is 5.54. The number of hydrogen-bond donors (Lipinski definition) is 2. The molecule has 2 aliphatic rings. The number of benzene rings is 2. The summed E-state index contributed by atoms with van der Waals surface area (Å²) in [5, 5.41) is 13.7. The van der Waals surface area contributed by atoms with Crippen LogP contribution in [0.15, 0.2) is 53.2 Å². The zero-order chi connectivity index (χ0) is 22.7. The molecule has 0 saturated carbocycles. The third kappa shape index (κ3) is 3.97. The number of aliphatic carboxylic acids is 1. The second kappa shape index (κ2) is 9.46. The van der Waals surface area contributed by atoms with Crippen LogP contribution in [0.4, 0.5) is 0 Å². The lowest BCUT2D eigenvalue weighted by Gasteiger charge is -2.36. The summed E-state index contributed by atoms with van der Waals surface area (Å²) in [6.45, 7) is 2.73. The van der Waals surface area contributed by atoms with Gasteiger partial charge in [0.2, 0.25) is 0 Å². The number of carboxylic acid groups (broad SMARTS) is 1. The summed E-state index contributed by atoms with van der Waals surface area (Å²) >= 11 is 0. The molecule has 8 heteroatoms. The summed E-state index contributed by atoms with van der Waals surface area (Å²) < 4.78 is 17.4. The van der Waals surface area contributed by atoms with Gasteiger partial charge in [-0.15, -0.1) is 0 Å². The number of carbonyl (C=O) groups excluding carboxylic acids is 1. The first-order valence-corrected chi connectivity index (χ1v) is 10.4. The highest BCUT2D eigenvalue weighted by Gasteiger charge is 2.44. The first-order valence-electron chi connectivity index (χ1n) is 10.4. The van der Waals surface area contributed by atoms with E-state index in [-0.39, 0.29) is 24.4 Å². The number of ether oxygens (including phenoxy) is 3. The Morgan fingerprint density at radius 1 is 1.22 bits per heavy atom. The van der Waals surface area contributed by atoms with Gasteiger partial charge in [-0.3, -0.25) is 15.1 Å². The molecule has 2 aromatic rings. The second-order valence-electron chi connectivity index (χ2n) is 7.50. The Balaban J connectivity index is 1.87. The van der Waals surface area contributed by atoms with Crippen LogP contribution in [-0.4, -0.2) is 49.6 Å². The zero-order valence-corrected chi connectivity index (χ0v) is 17.8. The molecule has 0 bridgehead atoms. The third-order valence-corrected chi connectivity index (χ3v) is 5.54. The summed E-state index contributed by atoms with van der Waals surface area (Å²) in [5.74, 6) is 0.855. The number of methoxy groups -OCH3 is 1. The fraction of sp³-hybridized carbons (Fsp3) is 0.333. The van der Waals surface area contributed by atoms with Gasteiger partial charge in [-0.1, -0.05) is 30.3 Å². The Morgan fingerprint density at radius 3 is 2.66 bits per heavy atom. The van der Waals surface area contributed by atoms with E-state index in [2.05, 4.69) is 10.3 Å². The van der Waals surface area contributed by atoms with Gasteiger partial charge in [0.1, 0.15) is 29.7 Å². The van der Waals surface area contributed by atoms with Crippen LogP contribution < -0.4 is 20.6 Å². The molecular weight excluding hydrogens is 412 g/mol. The summed E-state index contributed by atoms with van der Waals surface area (Å²) in [5.41, 5.74) is 2.56. The minimum absolute atomic E-state index is 0.235. The van der Waals surface area contributed by atoms with Crippen molar-refractivity contribution < 1.29 is 28.9 Å². The monoisotopic (exact) mass is 436 g/mol. The standard InChI is InChI=1S/C24H24N2O6/c1-3-31-23-16(13-30-2)18-19-17(25-20(18)21(26-23)24(28)29)10-9-15(11-27)22(19)32-12-14-7-5-4-6-8-14/h4-10,16,21,23,26H,3,12-13H2,1-2H3,(H,28,29). The highest BCUT2D eigenvalue weighted by atomic mass is 16.5. The van der Waals surface area contributed by atoms with E-state index in [1.165, 1.54) is 0 Å². The van der Waals surface area contributed by atoms with Gasteiger partial charge in [0.15, 0.2) is 6.04 Å². The van der Waals surface area contributed by atoms with Gasteiger partial charge in [-0.2, -0.15) is 0 Å². The number of hydrogen-bond acceptors (Lipinski definition) is 7. The Bertz CT molecular complexity index is 1190. The van der Waals surface area contributed by atoms with Crippen LogP contribution in [0.1, 0.15) is 18.1 Å². The van der Waals surface area contributed by atoms with E-state index >= 15 is 0 Å². The Hall–Kier alpha value is -3.29. The number of carbonyl (C=O) groups is 1. The molecule has 0 aliphatic carbocycles. The minimum Gasteiger partial charge on any atom is -0.487 e. The lowest BCUT2D eigenvalue weighted by atomic mass is 9.85. The van der Waals surface area contributed by atoms with Gasteiger partial charge < -0.3 is 19.3 Å². The number of nitrogens with one attached hydrogen (secondary N) is 1. The molecule has 166 valence electrons. The predicted octanol–water partition coefficient (Wildman–Crippen LogP) is 0.795. The SMILES string of the molecule is CCOC1NC(C(=O)O)C2=C(c3c(OCc4ccccc4)c(=C=O)ccc3=N2)C1COC. The topological polar surface area (TPSA) is 106 Å². The molecule has 0 spiro atoms. The smallest absolute Gasteiger partial charge is 0.327 e. The highest BCUT2D eigenvalue weighted by Crippen LogP contribution is 2.40. The van der Waals surface area contributed by atoms with E-state index in [1.807, 2.05) is 43.2 Å². The fourth-order valence-corrected chi connectivity index (χ4v) is 4.19. The van der Waals surface area contributed by atoms with Gasteiger partial charge in [-0.05, 0) is 30.2 Å². The maximum absolute atomic E-state index is 12.0. The van der Waals surface area contributed by atoms with Crippen molar-refractivity contribution in [3.63, 3.8) is 0 Å². The Labute approximate surface area is 184 Å². The molecule has 8 nitrogen and oxygen atoms in total. The molecule has 0 amide bonds. The predicted molar refractivity (Wildman–Crippen MR) is 115 cm³/mol. The first-order chi connectivity index (χ1) is 15.6. The van der Waals surface area contributed by atoms with Crippen LogP contribution in [0.3, 0.4) is 0 Å². The lowest BCUT2D eigenvalue weighted by Crippen LogP contribution is -2.53. The highest BCUT2D eigenvalue weighted by molar-refractivity contribution is 5.88. The van der Waals surface area contributed by atoms with E-state index in [4.69, 9.17) is 14.2 Å². The van der Waals surface area contributed by atoms with E-state index in [0.29, 0.717) is 34.5 Å². The van der Waals surface area contributed by atoms with Crippen LogP contribution in [0.2, 0.25) is 0 Å². The van der Waals surface area contributed by atoms with Crippen molar-refractivity contribution in [1.29, 1.82) is 0 Å². The van der Waals surface area contributed by atoms with Crippen molar-refractivity contribution in [3.05, 3.63) is 69.9 Å². The van der Waals surface area contributed by atoms with E-state index in [1.54, 1.807) is 19.2 Å². The Kier molecular flexibility index (Phi) is 6.48. The number of nitrogens with zero attached hydrogens (tertiary/aromatic N) is 1. The normalized spacial score (nSPS) is 21.4. The van der Waals surface area contributed by atoms with Crippen LogP contribution in [0.5, 0.6) is 5.75 Å². The summed E-state index contributed by atoms with van der Waals surface area (Å²) in [4.78, 5) is 28.4. The van der Waals surface area contributed by atoms with E-state index < -0.39 is 18.2 Å². The van der Waals surface area contributed by atoms with Crippen molar-refractivity contribution in [3.8, 4) is 5.75 Å². The molecule has 3 atom stereocenters. The average molecular weight is 436 g/mol. The van der Waals surface area contributed by atoms with Gasteiger partial charge in [-0.25, -0.2) is 4.79 Å². The fourth-order valence-electron chi connectivity index (χ4n) is 4.19.